The number of nitrogens with one attached hydrogen (secondary N) is 2. The Morgan fingerprint density at radius 2 is 2.40 bits per heavy atom. The van der Waals surface area contributed by atoms with E-state index < -0.39 is 17.9 Å². The zero-order chi connectivity index (χ0) is 14.5. The summed E-state index contributed by atoms with van der Waals surface area (Å²) in [4.78, 5) is 38.6. The number of ether oxygens (including phenoxy) is 1. The van der Waals surface area contributed by atoms with E-state index in [0.717, 1.165) is 6.42 Å². The van der Waals surface area contributed by atoms with Crippen molar-refractivity contribution in [1.82, 2.24) is 15.6 Å². The monoisotopic (exact) mass is 297 g/mol. The molecule has 7 nitrogen and oxygen atoms in total. The van der Waals surface area contributed by atoms with Crippen LogP contribution >= 0.6 is 11.3 Å². The van der Waals surface area contributed by atoms with E-state index in [1.165, 1.54) is 16.8 Å². The molecule has 1 atom stereocenters. The Labute approximate surface area is 119 Å². The van der Waals surface area contributed by atoms with Gasteiger partial charge in [0, 0.05) is 6.42 Å². The van der Waals surface area contributed by atoms with Crippen LogP contribution in [0.1, 0.15) is 36.7 Å². The van der Waals surface area contributed by atoms with E-state index in [-0.39, 0.29) is 18.0 Å². The number of rotatable bonds is 5. The Morgan fingerprint density at radius 3 is 3.10 bits per heavy atom. The molecule has 1 aromatic heterocycles. The second-order valence-electron chi connectivity index (χ2n) is 4.31. The number of carbonyl (C=O) groups excluding carboxylic acids is 3. The molecule has 1 aliphatic rings. The van der Waals surface area contributed by atoms with Crippen molar-refractivity contribution in [3.63, 3.8) is 0 Å². The van der Waals surface area contributed by atoms with E-state index in [1.54, 1.807) is 0 Å². The second-order valence-corrected chi connectivity index (χ2v) is 5.13. The molecule has 0 spiro atoms. The minimum absolute atomic E-state index is 0.174. The molecule has 2 N–H and O–H groups in total. The number of hydrogen-bond acceptors (Lipinski definition) is 6. The van der Waals surface area contributed by atoms with Gasteiger partial charge in [-0.1, -0.05) is 18.3 Å². The molecule has 0 saturated carbocycles. The second kappa shape index (κ2) is 6.47. The summed E-state index contributed by atoms with van der Waals surface area (Å²) in [7, 11) is 0. The number of carbonyl (C=O) groups is 3. The van der Waals surface area contributed by atoms with Crippen molar-refractivity contribution < 1.29 is 19.1 Å². The molecule has 0 radical (unpaired) electrons. The highest BCUT2D eigenvalue weighted by Crippen LogP contribution is 2.23. The Morgan fingerprint density at radius 1 is 1.60 bits per heavy atom. The molecular weight excluding hydrogens is 282 g/mol. The lowest BCUT2D eigenvalue weighted by molar-refractivity contribution is -0.134. The maximum Gasteiger partial charge on any atom is 0.275 e. The summed E-state index contributed by atoms with van der Waals surface area (Å²) in [6.07, 6.45) is 1.34. The summed E-state index contributed by atoms with van der Waals surface area (Å²) >= 11 is 1.23. The van der Waals surface area contributed by atoms with E-state index in [1.807, 2.05) is 6.92 Å². The summed E-state index contributed by atoms with van der Waals surface area (Å²) in [5.41, 5.74) is 1.69. The molecule has 1 aromatic rings. The van der Waals surface area contributed by atoms with E-state index in [4.69, 9.17) is 4.74 Å². The lowest BCUT2D eigenvalue weighted by Crippen LogP contribution is -2.52. The topological polar surface area (TPSA) is 97.4 Å². The van der Waals surface area contributed by atoms with Gasteiger partial charge in [-0.2, -0.15) is 0 Å². The largest absolute Gasteiger partial charge is 0.482 e. The first-order chi connectivity index (χ1) is 9.61. The number of hydrogen-bond donors (Lipinski definition) is 2. The predicted molar refractivity (Wildman–Crippen MR) is 71.5 cm³/mol. The highest BCUT2D eigenvalue weighted by atomic mass is 32.1. The third kappa shape index (κ3) is 3.32. The van der Waals surface area contributed by atoms with E-state index >= 15 is 0 Å². The quantitative estimate of drug-likeness (QED) is 0.770. The van der Waals surface area contributed by atoms with Crippen LogP contribution in [0.4, 0.5) is 0 Å². The highest BCUT2D eigenvalue weighted by Gasteiger charge is 2.29. The van der Waals surface area contributed by atoms with Gasteiger partial charge in [0.05, 0.1) is 12.1 Å². The van der Waals surface area contributed by atoms with Crippen molar-refractivity contribution in [1.29, 1.82) is 0 Å². The Hall–Kier alpha value is -1.96. The average molecular weight is 297 g/mol. The van der Waals surface area contributed by atoms with Gasteiger partial charge in [0.2, 0.25) is 16.9 Å². The Balaban J connectivity index is 1.99. The van der Waals surface area contributed by atoms with Crippen molar-refractivity contribution in [3.05, 3.63) is 11.2 Å². The standard InChI is InChI=1S/C12H15N3O4S/c1-2-5-19-12-9(13-6-20-12)11(18)14-7-3-4-8(16)15-10(7)17/h6-7H,2-5H2,1H3,(H,14,18)(H,15,16,17). The summed E-state index contributed by atoms with van der Waals surface area (Å²) in [5.74, 6) is -1.27. The molecule has 2 rings (SSSR count). The number of piperidine rings is 1. The van der Waals surface area contributed by atoms with Gasteiger partial charge in [0.15, 0.2) is 5.69 Å². The van der Waals surface area contributed by atoms with Crippen LogP contribution in [0.5, 0.6) is 5.06 Å². The van der Waals surface area contributed by atoms with Crippen LogP contribution in [0.25, 0.3) is 0 Å². The third-order valence-electron chi connectivity index (χ3n) is 2.73. The van der Waals surface area contributed by atoms with Crippen molar-refractivity contribution in [2.75, 3.05) is 6.61 Å². The summed E-state index contributed by atoms with van der Waals surface area (Å²) in [5, 5.41) is 5.20. The number of nitrogens with zero attached hydrogens (tertiary/aromatic N) is 1. The summed E-state index contributed by atoms with van der Waals surface area (Å²) in [6, 6.07) is -0.707. The SMILES string of the molecule is CCCOc1scnc1C(=O)NC1CCC(=O)NC1=O. The van der Waals surface area contributed by atoms with Gasteiger partial charge in [-0.15, -0.1) is 0 Å². The molecule has 108 valence electrons. The summed E-state index contributed by atoms with van der Waals surface area (Å²) < 4.78 is 5.42. The van der Waals surface area contributed by atoms with E-state index in [2.05, 4.69) is 15.6 Å². The number of imide groups is 1. The first-order valence-corrected chi connectivity index (χ1v) is 7.20. The molecule has 2 heterocycles. The van der Waals surface area contributed by atoms with Crippen LogP contribution in [0, 0.1) is 0 Å². The van der Waals surface area contributed by atoms with Crippen molar-refractivity contribution in [2.24, 2.45) is 0 Å². The molecule has 1 fully saturated rings. The van der Waals surface area contributed by atoms with Crippen LogP contribution < -0.4 is 15.4 Å². The van der Waals surface area contributed by atoms with Crippen LogP contribution in [-0.2, 0) is 9.59 Å². The maximum absolute atomic E-state index is 12.1. The number of aromatic nitrogens is 1. The molecule has 1 unspecified atom stereocenters. The lowest BCUT2D eigenvalue weighted by atomic mass is 10.1. The minimum atomic E-state index is -0.707. The first-order valence-electron chi connectivity index (χ1n) is 6.32. The zero-order valence-electron chi connectivity index (χ0n) is 11.0. The molecule has 1 saturated heterocycles. The molecule has 1 aliphatic heterocycles. The van der Waals surface area contributed by atoms with Gasteiger partial charge in [-0.25, -0.2) is 4.98 Å². The molecule has 3 amide bonds. The van der Waals surface area contributed by atoms with Gasteiger partial charge in [-0.05, 0) is 12.8 Å². The van der Waals surface area contributed by atoms with Crippen LogP contribution in [-0.4, -0.2) is 35.4 Å². The zero-order valence-corrected chi connectivity index (χ0v) is 11.8. The summed E-state index contributed by atoms with van der Waals surface area (Å²) in [6.45, 7) is 2.46. The molecular formula is C12H15N3O4S. The van der Waals surface area contributed by atoms with E-state index in [9.17, 15) is 14.4 Å². The Bertz CT molecular complexity index is 529. The predicted octanol–water partition coefficient (Wildman–Crippen LogP) is 0.467. The Kier molecular flexibility index (Phi) is 4.67. The fraction of sp³-hybridized carbons (Fsp3) is 0.500. The first kappa shape index (κ1) is 14.4. The number of amides is 3. The van der Waals surface area contributed by atoms with Crippen LogP contribution in [0.3, 0.4) is 0 Å². The van der Waals surface area contributed by atoms with Gasteiger partial charge in [0.1, 0.15) is 6.04 Å². The minimum Gasteiger partial charge on any atom is -0.482 e. The molecule has 0 bridgehead atoms. The van der Waals surface area contributed by atoms with Crippen LogP contribution in [0.2, 0.25) is 0 Å². The lowest BCUT2D eigenvalue weighted by Gasteiger charge is -2.21. The smallest absolute Gasteiger partial charge is 0.275 e. The highest BCUT2D eigenvalue weighted by molar-refractivity contribution is 7.11. The van der Waals surface area contributed by atoms with Gasteiger partial charge in [-0.3, -0.25) is 19.7 Å². The maximum atomic E-state index is 12.1. The van der Waals surface area contributed by atoms with Crippen LogP contribution in [0.15, 0.2) is 5.51 Å². The van der Waals surface area contributed by atoms with E-state index in [0.29, 0.717) is 18.1 Å². The fourth-order valence-corrected chi connectivity index (χ4v) is 2.40. The normalized spacial score (nSPS) is 18.6. The van der Waals surface area contributed by atoms with Crippen molar-refractivity contribution >= 4 is 29.1 Å². The van der Waals surface area contributed by atoms with Gasteiger partial charge >= 0.3 is 0 Å². The average Bonchev–Trinajstić information content (AvgIpc) is 2.88. The van der Waals surface area contributed by atoms with Gasteiger partial charge in [0.25, 0.3) is 5.91 Å². The third-order valence-corrected chi connectivity index (χ3v) is 3.47. The molecule has 0 aliphatic carbocycles. The molecule has 20 heavy (non-hydrogen) atoms. The number of thiazole rings is 1. The van der Waals surface area contributed by atoms with Crippen molar-refractivity contribution in [3.8, 4) is 5.06 Å². The molecule has 0 aromatic carbocycles. The molecule has 8 heteroatoms. The fourth-order valence-electron chi connectivity index (χ4n) is 1.74. The van der Waals surface area contributed by atoms with Gasteiger partial charge < -0.3 is 10.1 Å². The van der Waals surface area contributed by atoms with Crippen molar-refractivity contribution in [2.45, 2.75) is 32.2 Å².